The van der Waals surface area contributed by atoms with Crippen LogP contribution in [0, 0.1) is 0 Å². The first kappa shape index (κ1) is 14.9. The molecule has 0 aromatic carbocycles. The van der Waals surface area contributed by atoms with E-state index in [-0.39, 0.29) is 6.42 Å². The van der Waals surface area contributed by atoms with Crippen LogP contribution in [0.2, 0.25) is 0 Å². The fourth-order valence-corrected chi connectivity index (χ4v) is 2.56. The van der Waals surface area contributed by atoms with Gasteiger partial charge in [0, 0.05) is 12.3 Å². The summed E-state index contributed by atoms with van der Waals surface area (Å²) < 4.78 is 6.40. The molecule has 20 heavy (non-hydrogen) atoms. The molecule has 0 amide bonds. The van der Waals surface area contributed by atoms with E-state index in [1.165, 1.54) is 6.20 Å². The summed E-state index contributed by atoms with van der Waals surface area (Å²) in [4.78, 5) is 24.9. The zero-order valence-electron chi connectivity index (χ0n) is 11.0. The lowest BCUT2D eigenvalue weighted by Crippen LogP contribution is -2.49. The Morgan fingerprint density at radius 1 is 1.50 bits per heavy atom. The molecule has 0 aliphatic carbocycles. The number of ether oxygens (including phenoxy) is 1. The molecule has 1 saturated heterocycles. The molecule has 1 aliphatic heterocycles. The van der Waals surface area contributed by atoms with E-state index in [1.54, 1.807) is 0 Å². The molecule has 1 aliphatic rings. The Balaban J connectivity index is 2.47. The van der Waals surface area contributed by atoms with Crippen molar-refractivity contribution in [3.63, 3.8) is 0 Å². The van der Waals surface area contributed by atoms with Crippen LogP contribution in [-0.2, 0) is 4.74 Å². The average Bonchev–Trinajstić information content (AvgIpc) is 2.63. The van der Waals surface area contributed by atoms with Gasteiger partial charge in [-0.1, -0.05) is 13.3 Å². The number of aliphatic hydroxyl groups excluding tert-OH is 2. The molecule has 0 spiro atoms. The maximum Gasteiger partial charge on any atom is 0.330 e. The highest BCUT2D eigenvalue weighted by atomic mass is 16.6. The summed E-state index contributed by atoms with van der Waals surface area (Å²) in [5.41, 5.74) is -3.02. The van der Waals surface area contributed by atoms with Crippen LogP contribution in [-0.4, -0.2) is 49.3 Å². The van der Waals surface area contributed by atoms with E-state index in [0.717, 1.165) is 10.6 Å². The normalized spacial score (nSPS) is 33.5. The number of rotatable bonds is 4. The van der Waals surface area contributed by atoms with E-state index in [2.05, 4.69) is 4.98 Å². The summed E-state index contributed by atoms with van der Waals surface area (Å²) >= 11 is 0. The highest BCUT2D eigenvalue weighted by Crippen LogP contribution is 2.40. The molecule has 1 aromatic rings. The highest BCUT2D eigenvalue weighted by Gasteiger charge is 2.55. The van der Waals surface area contributed by atoms with Crippen molar-refractivity contribution in [3.05, 3.63) is 33.1 Å². The summed E-state index contributed by atoms with van der Waals surface area (Å²) in [5.74, 6) is 0. The van der Waals surface area contributed by atoms with Crippen LogP contribution in [0.5, 0.6) is 0 Å². The number of nitrogens with zero attached hydrogens (tertiary/aromatic N) is 1. The van der Waals surface area contributed by atoms with Crippen LogP contribution in [0.1, 0.15) is 26.0 Å². The number of aliphatic hydroxyl groups is 3. The van der Waals surface area contributed by atoms with Crippen LogP contribution in [0.4, 0.5) is 0 Å². The van der Waals surface area contributed by atoms with Gasteiger partial charge >= 0.3 is 5.69 Å². The van der Waals surface area contributed by atoms with Crippen molar-refractivity contribution in [1.29, 1.82) is 0 Å². The van der Waals surface area contributed by atoms with E-state index < -0.39 is 41.9 Å². The molecular weight excluding hydrogens is 268 g/mol. The summed E-state index contributed by atoms with van der Waals surface area (Å²) in [6.07, 6.45) is -1.56. The van der Waals surface area contributed by atoms with Crippen molar-refractivity contribution >= 4 is 0 Å². The number of aromatic nitrogens is 2. The third-order valence-corrected chi connectivity index (χ3v) is 3.53. The van der Waals surface area contributed by atoms with Crippen LogP contribution in [0.25, 0.3) is 0 Å². The Kier molecular flexibility index (Phi) is 4.09. The molecule has 0 saturated carbocycles. The van der Waals surface area contributed by atoms with Crippen LogP contribution >= 0.6 is 0 Å². The minimum atomic E-state index is -1.70. The van der Waals surface area contributed by atoms with Crippen molar-refractivity contribution in [2.75, 3.05) is 6.61 Å². The summed E-state index contributed by atoms with van der Waals surface area (Å²) in [6.45, 7) is 1.32. The lowest BCUT2D eigenvalue weighted by atomic mass is 9.89. The molecule has 2 heterocycles. The molecule has 4 atom stereocenters. The van der Waals surface area contributed by atoms with Gasteiger partial charge in [0.25, 0.3) is 5.56 Å². The molecule has 0 radical (unpaired) electrons. The molecule has 0 bridgehead atoms. The topological polar surface area (TPSA) is 125 Å². The van der Waals surface area contributed by atoms with Gasteiger partial charge < -0.3 is 20.1 Å². The van der Waals surface area contributed by atoms with E-state index in [0.29, 0.717) is 6.42 Å². The second kappa shape index (κ2) is 5.49. The van der Waals surface area contributed by atoms with Crippen LogP contribution in [0.15, 0.2) is 21.9 Å². The maximum atomic E-state index is 11.8. The van der Waals surface area contributed by atoms with Crippen molar-refractivity contribution in [1.82, 2.24) is 9.55 Å². The maximum absolute atomic E-state index is 11.8. The van der Waals surface area contributed by atoms with Crippen molar-refractivity contribution in [2.24, 2.45) is 0 Å². The first-order valence-electron chi connectivity index (χ1n) is 6.42. The Labute approximate surface area is 114 Å². The van der Waals surface area contributed by atoms with Gasteiger partial charge in [0.2, 0.25) is 0 Å². The molecule has 2 rings (SSSR count). The van der Waals surface area contributed by atoms with Gasteiger partial charge in [0.05, 0.1) is 6.61 Å². The third-order valence-electron chi connectivity index (χ3n) is 3.53. The zero-order valence-corrected chi connectivity index (χ0v) is 11.0. The second-order valence-electron chi connectivity index (χ2n) is 4.91. The first-order valence-corrected chi connectivity index (χ1v) is 6.42. The summed E-state index contributed by atoms with van der Waals surface area (Å²) in [5, 5.41) is 29.9. The Morgan fingerprint density at radius 2 is 2.20 bits per heavy atom. The molecule has 0 unspecified atom stereocenters. The van der Waals surface area contributed by atoms with Gasteiger partial charge in [-0.3, -0.25) is 14.3 Å². The SMILES string of the molecule is CCC[C@@]1(O)[C@H](O)[C@@H](CO)O[C@H]1n1ccc(=O)[nH]c1=O. The smallest absolute Gasteiger partial charge is 0.330 e. The predicted octanol–water partition coefficient (Wildman–Crippen LogP) is -1.68. The van der Waals surface area contributed by atoms with E-state index in [9.17, 15) is 24.9 Å². The zero-order chi connectivity index (χ0) is 14.9. The Hall–Kier alpha value is -1.48. The van der Waals surface area contributed by atoms with Gasteiger partial charge in [0.1, 0.15) is 17.8 Å². The van der Waals surface area contributed by atoms with Gasteiger partial charge in [-0.05, 0) is 6.42 Å². The minimum absolute atomic E-state index is 0.181. The van der Waals surface area contributed by atoms with Gasteiger partial charge in [-0.25, -0.2) is 4.79 Å². The quantitative estimate of drug-likeness (QED) is 0.524. The predicted molar refractivity (Wildman–Crippen MR) is 68.2 cm³/mol. The summed E-state index contributed by atoms with van der Waals surface area (Å²) in [7, 11) is 0. The largest absolute Gasteiger partial charge is 0.394 e. The standard InChI is InChI=1S/C12H18N2O6/c1-2-4-12(19)9(17)7(6-15)20-10(12)14-5-3-8(16)13-11(14)18/h3,5,7,9-10,15,17,19H,2,4,6H2,1H3,(H,13,16,18)/t7-,9-,10-,12-/m1/s1. The van der Waals surface area contributed by atoms with Crippen LogP contribution < -0.4 is 11.2 Å². The Morgan fingerprint density at radius 3 is 2.75 bits per heavy atom. The Bertz CT molecular complexity index is 582. The highest BCUT2D eigenvalue weighted by molar-refractivity contribution is 5.03. The van der Waals surface area contributed by atoms with E-state index >= 15 is 0 Å². The number of hydrogen-bond acceptors (Lipinski definition) is 6. The molecule has 4 N–H and O–H groups in total. The van der Waals surface area contributed by atoms with Gasteiger partial charge in [0.15, 0.2) is 6.23 Å². The number of aromatic amines is 1. The van der Waals surface area contributed by atoms with Gasteiger partial charge in [-0.15, -0.1) is 0 Å². The monoisotopic (exact) mass is 286 g/mol. The molecular formula is C12H18N2O6. The van der Waals surface area contributed by atoms with Crippen molar-refractivity contribution in [2.45, 2.75) is 43.8 Å². The van der Waals surface area contributed by atoms with E-state index in [4.69, 9.17) is 4.74 Å². The van der Waals surface area contributed by atoms with Crippen molar-refractivity contribution in [3.8, 4) is 0 Å². The lowest BCUT2D eigenvalue weighted by molar-refractivity contribution is -0.115. The number of nitrogens with one attached hydrogen (secondary N) is 1. The fraction of sp³-hybridized carbons (Fsp3) is 0.667. The molecule has 1 aromatic heterocycles. The minimum Gasteiger partial charge on any atom is -0.394 e. The van der Waals surface area contributed by atoms with Gasteiger partial charge in [-0.2, -0.15) is 0 Å². The lowest BCUT2D eigenvalue weighted by Gasteiger charge is -2.31. The second-order valence-corrected chi connectivity index (χ2v) is 4.91. The van der Waals surface area contributed by atoms with Crippen molar-refractivity contribution < 1.29 is 20.1 Å². The first-order chi connectivity index (χ1) is 9.43. The average molecular weight is 286 g/mol. The number of H-pyrrole nitrogens is 1. The number of hydrogen-bond donors (Lipinski definition) is 4. The molecule has 8 nitrogen and oxygen atoms in total. The third kappa shape index (κ3) is 2.31. The molecule has 1 fully saturated rings. The molecule has 112 valence electrons. The summed E-state index contributed by atoms with van der Waals surface area (Å²) in [6, 6.07) is 1.12. The van der Waals surface area contributed by atoms with E-state index in [1.807, 2.05) is 6.92 Å². The fourth-order valence-electron chi connectivity index (χ4n) is 2.56. The van der Waals surface area contributed by atoms with Crippen LogP contribution in [0.3, 0.4) is 0 Å². The molecule has 8 heteroatoms.